The third-order valence-corrected chi connectivity index (χ3v) is 4.95. The molecule has 8 heteroatoms. The van der Waals surface area contributed by atoms with Crippen LogP contribution in [0.2, 0.25) is 0 Å². The van der Waals surface area contributed by atoms with Crippen LogP contribution in [-0.2, 0) is 0 Å². The Morgan fingerprint density at radius 2 is 2.24 bits per heavy atom. The van der Waals surface area contributed by atoms with Gasteiger partial charge in [-0.3, -0.25) is 9.78 Å². The molecule has 0 radical (unpaired) electrons. The van der Waals surface area contributed by atoms with Crippen LogP contribution in [0, 0.1) is 6.92 Å². The lowest BCUT2D eigenvalue weighted by Crippen LogP contribution is -2.39. The zero-order valence-corrected chi connectivity index (χ0v) is 14.6. The maximum atomic E-state index is 12.6. The molecule has 4 heterocycles. The SMILES string of the molecule is Cc1cnc(C(=O)N2CCCC(c3nnc(-c4ccsc4)o3)C2)cn1. The first-order valence-corrected chi connectivity index (χ1v) is 9.09. The number of rotatable bonds is 3. The minimum absolute atomic E-state index is 0.0518. The van der Waals surface area contributed by atoms with E-state index in [0.29, 0.717) is 30.6 Å². The van der Waals surface area contributed by atoms with Crippen LogP contribution in [0.3, 0.4) is 0 Å². The Bertz CT molecular complexity index is 860. The molecule has 4 rings (SSSR count). The van der Waals surface area contributed by atoms with Gasteiger partial charge in [0.1, 0.15) is 5.69 Å². The molecule has 1 aliphatic heterocycles. The molecule has 25 heavy (non-hydrogen) atoms. The Morgan fingerprint density at radius 1 is 1.32 bits per heavy atom. The fraction of sp³-hybridized carbons (Fsp3) is 0.353. The summed E-state index contributed by atoms with van der Waals surface area (Å²) < 4.78 is 5.84. The first-order valence-electron chi connectivity index (χ1n) is 8.14. The zero-order valence-electron chi connectivity index (χ0n) is 13.8. The molecule has 0 aromatic carbocycles. The molecule has 3 aromatic rings. The van der Waals surface area contributed by atoms with Gasteiger partial charge in [-0.1, -0.05) is 0 Å². The number of carbonyl (C=O) groups is 1. The van der Waals surface area contributed by atoms with E-state index in [2.05, 4.69) is 20.2 Å². The number of aryl methyl sites for hydroxylation is 1. The highest BCUT2D eigenvalue weighted by Gasteiger charge is 2.29. The average molecular weight is 355 g/mol. The largest absolute Gasteiger partial charge is 0.420 e. The fourth-order valence-electron chi connectivity index (χ4n) is 2.93. The number of carbonyl (C=O) groups excluding carboxylic acids is 1. The van der Waals surface area contributed by atoms with Crippen LogP contribution in [0.5, 0.6) is 0 Å². The molecule has 3 aromatic heterocycles. The molecule has 1 atom stereocenters. The van der Waals surface area contributed by atoms with Gasteiger partial charge in [0.05, 0.1) is 17.8 Å². The molecule has 1 unspecified atom stereocenters. The van der Waals surface area contributed by atoms with Crippen LogP contribution in [0.4, 0.5) is 0 Å². The number of likely N-dealkylation sites (tertiary alicyclic amines) is 1. The molecule has 7 nitrogen and oxygen atoms in total. The number of hydrogen-bond acceptors (Lipinski definition) is 7. The van der Waals surface area contributed by atoms with Crippen LogP contribution in [0.1, 0.15) is 40.8 Å². The lowest BCUT2D eigenvalue weighted by Gasteiger charge is -2.30. The van der Waals surface area contributed by atoms with Gasteiger partial charge in [-0.2, -0.15) is 11.3 Å². The Balaban J connectivity index is 1.49. The van der Waals surface area contributed by atoms with Crippen LogP contribution in [0.25, 0.3) is 11.5 Å². The number of aromatic nitrogens is 4. The maximum Gasteiger partial charge on any atom is 0.274 e. The molecule has 0 spiro atoms. The number of amides is 1. The Labute approximate surface area is 148 Å². The van der Waals surface area contributed by atoms with E-state index >= 15 is 0 Å². The van der Waals surface area contributed by atoms with E-state index in [9.17, 15) is 4.79 Å². The zero-order chi connectivity index (χ0) is 17.2. The van der Waals surface area contributed by atoms with E-state index in [1.54, 1.807) is 22.4 Å². The van der Waals surface area contributed by atoms with Crippen molar-refractivity contribution in [2.75, 3.05) is 13.1 Å². The highest BCUT2D eigenvalue weighted by molar-refractivity contribution is 7.08. The van der Waals surface area contributed by atoms with Crippen LogP contribution in [0.15, 0.2) is 33.6 Å². The Morgan fingerprint density at radius 3 is 3.00 bits per heavy atom. The van der Waals surface area contributed by atoms with E-state index in [-0.39, 0.29) is 11.8 Å². The Kier molecular flexibility index (Phi) is 4.27. The monoisotopic (exact) mass is 355 g/mol. The summed E-state index contributed by atoms with van der Waals surface area (Å²) in [7, 11) is 0. The lowest BCUT2D eigenvalue weighted by atomic mass is 9.98. The van der Waals surface area contributed by atoms with E-state index < -0.39 is 0 Å². The summed E-state index contributed by atoms with van der Waals surface area (Å²) in [5.41, 5.74) is 2.10. The standard InChI is InChI=1S/C17H17N5O2S/c1-11-7-19-14(8-18-11)17(23)22-5-2-3-12(9-22)15-20-21-16(24-15)13-4-6-25-10-13/h4,6-8,10,12H,2-3,5,9H2,1H3. The number of hydrogen-bond donors (Lipinski definition) is 0. The minimum Gasteiger partial charge on any atom is -0.420 e. The molecular formula is C17H17N5O2S. The smallest absolute Gasteiger partial charge is 0.274 e. The molecule has 1 fully saturated rings. The van der Waals surface area contributed by atoms with E-state index in [1.165, 1.54) is 6.20 Å². The van der Waals surface area contributed by atoms with Gasteiger partial charge in [0.15, 0.2) is 0 Å². The summed E-state index contributed by atoms with van der Waals surface area (Å²) in [6.07, 6.45) is 4.96. The highest BCUT2D eigenvalue weighted by Crippen LogP contribution is 2.29. The summed E-state index contributed by atoms with van der Waals surface area (Å²) in [6.45, 7) is 3.11. The first-order chi connectivity index (χ1) is 12.2. The first kappa shape index (κ1) is 15.9. The van der Waals surface area contributed by atoms with Crippen molar-refractivity contribution in [1.82, 2.24) is 25.1 Å². The van der Waals surface area contributed by atoms with E-state index in [1.807, 2.05) is 23.8 Å². The predicted molar refractivity (Wildman–Crippen MR) is 92.3 cm³/mol. The third-order valence-electron chi connectivity index (χ3n) is 4.27. The average Bonchev–Trinajstić information content (AvgIpc) is 3.33. The van der Waals surface area contributed by atoms with Crippen molar-refractivity contribution >= 4 is 17.2 Å². The summed E-state index contributed by atoms with van der Waals surface area (Å²) in [5.74, 6) is 1.07. The topological polar surface area (TPSA) is 85.0 Å². The maximum absolute atomic E-state index is 12.6. The van der Waals surface area contributed by atoms with Crippen molar-refractivity contribution in [3.63, 3.8) is 0 Å². The van der Waals surface area contributed by atoms with Gasteiger partial charge < -0.3 is 9.32 Å². The van der Waals surface area contributed by atoms with Gasteiger partial charge >= 0.3 is 0 Å². The van der Waals surface area contributed by atoms with Crippen LogP contribution >= 0.6 is 11.3 Å². The molecule has 0 bridgehead atoms. The summed E-state index contributed by atoms with van der Waals surface area (Å²) in [4.78, 5) is 22.8. The van der Waals surface area contributed by atoms with E-state index in [4.69, 9.17) is 4.42 Å². The molecule has 0 saturated carbocycles. The summed E-state index contributed by atoms with van der Waals surface area (Å²) in [6, 6.07) is 1.95. The van der Waals surface area contributed by atoms with Gasteiger partial charge in [-0.15, -0.1) is 10.2 Å². The van der Waals surface area contributed by atoms with Crippen molar-refractivity contribution in [3.8, 4) is 11.5 Å². The van der Waals surface area contributed by atoms with E-state index in [0.717, 1.165) is 24.1 Å². The van der Waals surface area contributed by atoms with Gasteiger partial charge in [0.2, 0.25) is 11.8 Å². The molecule has 0 N–H and O–H groups in total. The van der Waals surface area contributed by atoms with Crippen LogP contribution in [-0.4, -0.2) is 44.1 Å². The van der Waals surface area contributed by atoms with Crippen molar-refractivity contribution in [1.29, 1.82) is 0 Å². The van der Waals surface area contributed by atoms with Crippen molar-refractivity contribution in [2.45, 2.75) is 25.7 Å². The van der Waals surface area contributed by atoms with Crippen molar-refractivity contribution in [3.05, 3.63) is 46.5 Å². The molecule has 1 saturated heterocycles. The summed E-state index contributed by atoms with van der Waals surface area (Å²) >= 11 is 1.59. The number of nitrogens with zero attached hydrogens (tertiary/aromatic N) is 5. The molecular weight excluding hydrogens is 338 g/mol. The second kappa shape index (κ2) is 6.72. The number of piperidine rings is 1. The minimum atomic E-state index is -0.102. The second-order valence-electron chi connectivity index (χ2n) is 6.09. The second-order valence-corrected chi connectivity index (χ2v) is 6.87. The van der Waals surface area contributed by atoms with Crippen molar-refractivity contribution < 1.29 is 9.21 Å². The third kappa shape index (κ3) is 3.30. The molecule has 0 aliphatic carbocycles. The van der Waals surface area contributed by atoms with Gasteiger partial charge in [-0.05, 0) is 31.2 Å². The highest BCUT2D eigenvalue weighted by atomic mass is 32.1. The normalized spacial score (nSPS) is 17.6. The van der Waals surface area contributed by atoms with Gasteiger partial charge in [0.25, 0.3) is 5.91 Å². The number of thiophene rings is 1. The van der Waals surface area contributed by atoms with Crippen molar-refractivity contribution in [2.24, 2.45) is 0 Å². The molecule has 1 aliphatic rings. The lowest BCUT2D eigenvalue weighted by molar-refractivity contribution is 0.0692. The Hall–Kier alpha value is -2.61. The summed E-state index contributed by atoms with van der Waals surface area (Å²) in [5, 5.41) is 12.3. The fourth-order valence-corrected chi connectivity index (χ4v) is 3.56. The van der Waals surface area contributed by atoms with Gasteiger partial charge in [0, 0.05) is 30.2 Å². The predicted octanol–water partition coefficient (Wildman–Crippen LogP) is 2.92. The molecule has 1 amide bonds. The van der Waals surface area contributed by atoms with Crippen LogP contribution < -0.4 is 0 Å². The quantitative estimate of drug-likeness (QED) is 0.718. The van der Waals surface area contributed by atoms with Gasteiger partial charge in [-0.25, -0.2) is 4.98 Å². The molecule has 128 valence electrons.